The molecule has 1 N–H and O–H groups in total. The maximum absolute atomic E-state index is 13.8. The summed E-state index contributed by atoms with van der Waals surface area (Å²) in [5.41, 5.74) is 3.54. The lowest BCUT2D eigenvalue weighted by molar-refractivity contribution is 0.387. The molecule has 0 atom stereocenters. The van der Waals surface area contributed by atoms with Crippen molar-refractivity contribution in [3.63, 3.8) is 0 Å². The minimum absolute atomic E-state index is 0.205. The van der Waals surface area contributed by atoms with Crippen LogP contribution in [0.3, 0.4) is 0 Å². The second-order valence-electron chi connectivity index (χ2n) is 5.61. The molecule has 0 aliphatic heterocycles. The Morgan fingerprint density at radius 1 is 1.31 bits per heavy atom. The average molecular weight is 412 g/mol. The lowest BCUT2D eigenvalue weighted by Gasteiger charge is -2.09. The number of nitrogens with one attached hydrogen (secondary N) is 1. The number of pyridine rings is 1. The zero-order chi connectivity index (χ0) is 18.5. The number of ether oxygens (including phenoxy) is 1. The van der Waals surface area contributed by atoms with E-state index < -0.39 is 5.82 Å². The number of benzene rings is 1. The fraction of sp³-hybridized carbons (Fsp3) is 0.333. The fourth-order valence-corrected chi connectivity index (χ4v) is 4.65. The number of aromatic amines is 1. The summed E-state index contributed by atoms with van der Waals surface area (Å²) < 4.78 is 18.8. The van der Waals surface area contributed by atoms with Crippen LogP contribution in [-0.2, 0) is 5.75 Å². The van der Waals surface area contributed by atoms with E-state index in [1.54, 1.807) is 29.6 Å². The van der Waals surface area contributed by atoms with Gasteiger partial charge in [0.1, 0.15) is 0 Å². The molecule has 0 aliphatic rings. The van der Waals surface area contributed by atoms with E-state index in [9.17, 15) is 4.39 Å². The zero-order valence-corrected chi connectivity index (χ0v) is 16.9. The van der Waals surface area contributed by atoms with Gasteiger partial charge in [-0.1, -0.05) is 11.8 Å². The van der Waals surface area contributed by atoms with E-state index in [1.165, 1.54) is 23.6 Å². The molecule has 0 unspecified atom stereocenters. The fourth-order valence-electron chi connectivity index (χ4n) is 2.45. The van der Waals surface area contributed by atoms with Crippen molar-refractivity contribution in [3.8, 4) is 5.75 Å². The standard InChI is InChI=1S/C18H19ClFN3OS2/c1-11-15(21-6-4-17(11)25-7-3-5-19)10-26-18-22-13-8-12(20)16(24-2)9-14(13)23-18/h4,6,8-9H,3,5,7,10H2,1-2H3,(H,22,23). The number of thioether (sulfide) groups is 2. The normalized spacial score (nSPS) is 11.2. The first-order chi connectivity index (χ1) is 12.6. The van der Waals surface area contributed by atoms with E-state index in [1.807, 2.05) is 12.3 Å². The van der Waals surface area contributed by atoms with Crippen molar-refractivity contribution in [2.45, 2.75) is 29.1 Å². The van der Waals surface area contributed by atoms with Crippen LogP contribution >= 0.6 is 35.1 Å². The van der Waals surface area contributed by atoms with E-state index in [2.05, 4.69) is 21.9 Å². The van der Waals surface area contributed by atoms with E-state index in [4.69, 9.17) is 16.3 Å². The molecule has 1 aromatic carbocycles. The molecule has 0 fully saturated rings. The number of aromatic nitrogens is 3. The van der Waals surface area contributed by atoms with Gasteiger partial charge in [-0.05, 0) is 30.7 Å². The molecule has 8 heteroatoms. The summed E-state index contributed by atoms with van der Waals surface area (Å²) >= 11 is 9.10. The van der Waals surface area contributed by atoms with Crippen LogP contribution in [-0.4, -0.2) is 33.7 Å². The number of hydrogen-bond donors (Lipinski definition) is 1. The topological polar surface area (TPSA) is 50.8 Å². The van der Waals surface area contributed by atoms with Crippen molar-refractivity contribution >= 4 is 46.2 Å². The third-order valence-corrected chi connectivity index (χ3v) is 6.27. The Labute approximate surface area is 165 Å². The van der Waals surface area contributed by atoms with Crippen LogP contribution in [0.1, 0.15) is 17.7 Å². The number of imidazole rings is 1. The molecule has 0 radical (unpaired) electrons. The van der Waals surface area contributed by atoms with Gasteiger partial charge in [-0.25, -0.2) is 9.37 Å². The Hall–Kier alpha value is -1.44. The van der Waals surface area contributed by atoms with Crippen molar-refractivity contribution in [2.24, 2.45) is 0 Å². The Morgan fingerprint density at radius 2 is 2.15 bits per heavy atom. The average Bonchev–Trinajstić information content (AvgIpc) is 3.03. The van der Waals surface area contributed by atoms with Crippen molar-refractivity contribution in [1.82, 2.24) is 15.0 Å². The number of nitrogens with zero attached hydrogens (tertiary/aromatic N) is 2. The van der Waals surface area contributed by atoms with E-state index in [0.29, 0.717) is 17.1 Å². The van der Waals surface area contributed by atoms with Gasteiger partial charge in [-0.15, -0.1) is 23.4 Å². The van der Waals surface area contributed by atoms with Crippen molar-refractivity contribution in [2.75, 3.05) is 18.7 Å². The van der Waals surface area contributed by atoms with Crippen LogP contribution in [0, 0.1) is 12.7 Å². The van der Waals surface area contributed by atoms with Crippen molar-refractivity contribution in [3.05, 3.63) is 41.5 Å². The van der Waals surface area contributed by atoms with Crippen LogP contribution in [0.25, 0.3) is 11.0 Å². The van der Waals surface area contributed by atoms with Crippen LogP contribution in [0.15, 0.2) is 34.4 Å². The number of fused-ring (bicyclic) bond motifs is 1. The molecule has 3 rings (SSSR count). The second kappa shape index (κ2) is 8.97. The molecule has 0 amide bonds. The van der Waals surface area contributed by atoms with Crippen LogP contribution < -0.4 is 4.74 Å². The summed E-state index contributed by atoms with van der Waals surface area (Å²) in [6.45, 7) is 2.09. The molecule has 0 saturated carbocycles. The monoisotopic (exact) mass is 411 g/mol. The minimum Gasteiger partial charge on any atom is -0.494 e. The first kappa shape index (κ1) is 19.3. The van der Waals surface area contributed by atoms with Gasteiger partial charge in [0, 0.05) is 34.9 Å². The van der Waals surface area contributed by atoms with Gasteiger partial charge in [-0.2, -0.15) is 0 Å². The van der Waals surface area contributed by atoms with Gasteiger partial charge in [0.05, 0.1) is 23.8 Å². The predicted molar refractivity (Wildman–Crippen MR) is 107 cm³/mol. The number of alkyl halides is 1. The Kier molecular flexibility index (Phi) is 6.67. The maximum Gasteiger partial charge on any atom is 0.167 e. The Balaban J connectivity index is 1.72. The molecule has 0 saturated heterocycles. The molecule has 0 spiro atoms. The van der Waals surface area contributed by atoms with E-state index in [0.717, 1.165) is 28.5 Å². The molecule has 4 nitrogen and oxygen atoms in total. The molecule has 0 aliphatic carbocycles. The number of hydrogen-bond acceptors (Lipinski definition) is 5. The third kappa shape index (κ3) is 4.45. The second-order valence-corrected chi connectivity index (χ2v) is 8.09. The first-order valence-corrected chi connectivity index (χ1v) is 10.6. The predicted octanol–water partition coefficient (Wildman–Crippen LogP) is 5.43. The highest BCUT2D eigenvalue weighted by Gasteiger charge is 2.11. The molecular formula is C18H19ClFN3OS2. The summed E-state index contributed by atoms with van der Waals surface area (Å²) in [4.78, 5) is 13.4. The van der Waals surface area contributed by atoms with Crippen molar-refractivity contribution < 1.29 is 9.13 Å². The van der Waals surface area contributed by atoms with Crippen molar-refractivity contribution in [1.29, 1.82) is 0 Å². The summed E-state index contributed by atoms with van der Waals surface area (Å²) in [6, 6.07) is 5.05. The highest BCUT2D eigenvalue weighted by Crippen LogP contribution is 2.30. The van der Waals surface area contributed by atoms with Gasteiger partial charge in [0.15, 0.2) is 16.7 Å². The minimum atomic E-state index is -0.415. The third-order valence-electron chi connectivity index (χ3n) is 3.87. The molecule has 138 valence electrons. The van der Waals surface area contributed by atoms with Gasteiger partial charge < -0.3 is 9.72 Å². The molecule has 2 heterocycles. The lowest BCUT2D eigenvalue weighted by Crippen LogP contribution is -1.95. The molecule has 26 heavy (non-hydrogen) atoms. The van der Waals surface area contributed by atoms with Gasteiger partial charge >= 0.3 is 0 Å². The quantitative estimate of drug-likeness (QED) is 0.304. The van der Waals surface area contributed by atoms with Gasteiger partial charge in [-0.3, -0.25) is 4.98 Å². The Bertz CT molecular complexity index is 904. The summed E-state index contributed by atoms with van der Waals surface area (Å²) in [6.07, 6.45) is 2.82. The number of rotatable bonds is 8. The SMILES string of the molecule is COc1cc2[nH]c(SCc3nccc(SCCCCl)c3C)nc2cc1F. The highest BCUT2D eigenvalue weighted by molar-refractivity contribution is 7.99. The Morgan fingerprint density at radius 3 is 2.92 bits per heavy atom. The molecule has 0 bridgehead atoms. The molecular weight excluding hydrogens is 393 g/mol. The number of H-pyrrole nitrogens is 1. The van der Waals surface area contributed by atoms with E-state index >= 15 is 0 Å². The molecule has 2 aromatic heterocycles. The van der Waals surface area contributed by atoms with Crippen LogP contribution in [0.5, 0.6) is 5.75 Å². The summed E-state index contributed by atoms with van der Waals surface area (Å²) in [5.74, 6) is 2.16. The number of halogens is 2. The van der Waals surface area contributed by atoms with Crippen LogP contribution in [0.4, 0.5) is 4.39 Å². The molecule has 3 aromatic rings. The maximum atomic E-state index is 13.8. The van der Waals surface area contributed by atoms with Gasteiger partial charge in [0.2, 0.25) is 0 Å². The number of methoxy groups -OCH3 is 1. The zero-order valence-electron chi connectivity index (χ0n) is 14.5. The van der Waals surface area contributed by atoms with Gasteiger partial charge in [0.25, 0.3) is 0 Å². The smallest absolute Gasteiger partial charge is 0.167 e. The summed E-state index contributed by atoms with van der Waals surface area (Å²) in [7, 11) is 1.45. The first-order valence-electron chi connectivity index (χ1n) is 8.11. The largest absolute Gasteiger partial charge is 0.494 e. The van der Waals surface area contributed by atoms with Crippen LogP contribution in [0.2, 0.25) is 0 Å². The highest BCUT2D eigenvalue weighted by atomic mass is 35.5. The summed E-state index contributed by atoms with van der Waals surface area (Å²) in [5, 5.41) is 0.731. The lowest BCUT2D eigenvalue weighted by atomic mass is 10.2. The van der Waals surface area contributed by atoms with E-state index in [-0.39, 0.29) is 5.75 Å².